The van der Waals surface area contributed by atoms with Gasteiger partial charge in [-0.25, -0.2) is 4.79 Å². The minimum atomic E-state index is -0.723. The van der Waals surface area contributed by atoms with Crippen LogP contribution in [0, 0.1) is 5.41 Å². The van der Waals surface area contributed by atoms with Gasteiger partial charge in [0.2, 0.25) is 6.41 Å². The molecule has 1 N–H and O–H groups in total. The van der Waals surface area contributed by atoms with Crippen LogP contribution in [-0.2, 0) is 14.3 Å². The fourth-order valence-corrected chi connectivity index (χ4v) is 3.43. The van der Waals surface area contributed by atoms with Gasteiger partial charge >= 0.3 is 5.97 Å². The predicted molar refractivity (Wildman–Crippen MR) is 82.1 cm³/mol. The number of rotatable bonds is 6. The van der Waals surface area contributed by atoms with E-state index in [-0.39, 0.29) is 11.4 Å². The second-order valence-corrected chi connectivity index (χ2v) is 6.33. The van der Waals surface area contributed by atoms with Gasteiger partial charge in [0.25, 0.3) is 0 Å². The van der Waals surface area contributed by atoms with E-state index in [9.17, 15) is 9.59 Å². The zero-order valence-electron chi connectivity index (χ0n) is 12.7. The molecule has 1 atom stereocenters. The van der Waals surface area contributed by atoms with Gasteiger partial charge < -0.3 is 15.0 Å². The number of carbonyl (C=O) groups is 2. The lowest BCUT2D eigenvalue weighted by Crippen LogP contribution is -2.50. The van der Waals surface area contributed by atoms with E-state index in [4.69, 9.17) is 4.74 Å². The Balaban J connectivity index is 1.63. The van der Waals surface area contributed by atoms with E-state index in [2.05, 4.69) is 10.2 Å². The number of nitrogens with zero attached hydrogens (tertiary/aromatic N) is 1. The van der Waals surface area contributed by atoms with Crippen LogP contribution in [0.2, 0.25) is 0 Å². The van der Waals surface area contributed by atoms with Gasteiger partial charge in [0.15, 0.2) is 6.04 Å². The molecular formula is C17H22N2O3. The maximum absolute atomic E-state index is 12.4. The number of esters is 1. The highest BCUT2D eigenvalue weighted by molar-refractivity contribution is 5.80. The number of carbonyl (C=O) groups excluding carboxylic acids is 2. The van der Waals surface area contributed by atoms with Crippen molar-refractivity contribution in [1.29, 1.82) is 0 Å². The lowest BCUT2D eigenvalue weighted by molar-refractivity contribution is -0.154. The van der Waals surface area contributed by atoms with Crippen molar-refractivity contribution < 1.29 is 14.3 Å². The van der Waals surface area contributed by atoms with Crippen molar-refractivity contribution in [2.45, 2.75) is 25.3 Å². The topological polar surface area (TPSA) is 58.6 Å². The van der Waals surface area contributed by atoms with Gasteiger partial charge in [-0.3, -0.25) is 4.79 Å². The summed E-state index contributed by atoms with van der Waals surface area (Å²) in [6.07, 6.45) is 3.84. The van der Waals surface area contributed by atoms with Crippen LogP contribution >= 0.6 is 0 Å². The summed E-state index contributed by atoms with van der Waals surface area (Å²) in [5.74, 6) is -0.374. The van der Waals surface area contributed by atoms with Crippen molar-refractivity contribution in [3.05, 3.63) is 35.9 Å². The van der Waals surface area contributed by atoms with E-state index in [1.165, 1.54) is 0 Å². The van der Waals surface area contributed by atoms with Gasteiger partial charge in [0.1, 0.15) is 0 Å². The van der Waals surface area contributed by atoms with E-state index in [0.717, 1.165) is 44.5 Å². The number of hydrogen-bond donors (Lipinski definition) is 1. The molecule has 4 rings (SSSR count). The van der Waals surface area contributed by atoms with Gasteiger partial charge in [-0.05, 0) is 44.5 Å². The summed E-state index contributed by atoms with van der Waals surface area (Å²) in [6, 6.07) is 8.48. The number of fused-ring (bicyclic) bond motifs is 3. The lowest BCUT2D eigenvalue weighted by atomic mass is 9.73. The summed E-state index contributed by atoms with van der Waals surface area (Å²) >= 11 is 0. The molecule has 0 saturated carbocycles. The van der Waals surface area contributed by atoms with Crippen molar-refractivity contribution in [2.24, 2.45) is 5.41 Å². The molecule has 1 aromatic rings. The molecule has 2 bridgehead atoms. The fraction of sp³-hybridized carbons (Fsp3) is 0.529. The summed E-state index contributed by atoms with van der Waals surface area (Å²) < 4.78 is 5.59. The third kappa shape index (κ3) is 3.14. The standard InChI is InChI=1S/C17H22N2O3/c20-13-18-15(14-4-2-1-3-5-14)16(21)22-12-17-6-9-19(10-7-17)11-8-17/h1-5,13,15H,6-12H2,(H,18,20). The number of ether oxygens (including phenoxy) is 1. The fourth-order valence-electron chi connectivity index (χ4n) is 3.43. The molecule has 0 aliphatic carbocycles. The Bertz CT molecular complexity index is 510. The molecule has 3 fully saturated rings. The molecule has 0 spiro atoms. The van der Waals surface area contributed by atoms with Gasteiger partial charge in [-0.1, -0.05) is 30.3 Å². The molecule has 0 aromatic heterocycles. The van der Waals surface area contributed by atoms with Crippen LogP contribution in [0.5, 0.6) is 0 Å². The van der Waals surface area contributed by atoms with E-state index in [1.54, 1.807) is 0 Å². The van der Waals surface area contributed by atoms with E-state index >= 15 is 0 Å². The molecule has 0 radical (unpaired) electrons. The molecule has 3 saturated heterocycles. The van der Waals surface area contributed by atoms with Gasteiger partial charge in [0, 0.05) is 5.41 Å². The van der Waals surface area contributed by atoms with Crippen molar-refractivity contribution in [3.8, 4) is 0 Å². The molecule has 1 aromatic carbocycles. The molecule has 5 heteroatoms. The van der Waals surface area contributed by atoms with Crippen LogP contribution in [0.15, 0.2) is 30.3 Å². The van der Waals surface area contributed by atoms with Gasteiger partial charge in [-0.15, -0.1) is 0 Å². The smallest absolute Gasteiger partial charge is 0.333 e. The van der Waals surface area contributed by atoms with Crippen LogP contribution < -0.4 is 5.32 Å². The Kier molecular flexibility index (Phi) is 4.43. The minimum Gasteiger partial charge on any atom is -0.463 e. The Morgan fingerprint density at radius 3 is 2.45 bits per heavy atom. The second kappa shape index (κ2) is 6.48. The summed E-state index contributed by atoms with van der Waals surface area (Å²) in [5, 5.41) is 2.56. The second-order valence-electron chi connectivity index (χ2n) is 6.33. The van der Waals surface area contributed by atoms with Crippen LogP contribution in [0.1, 0.15) is 30.9 Å². The number of amides is 1. The van der Waals surface area contributed by atoms with Crippen molar-refractivity contribution in [2.75, 3.05) is 26.2 Å². The quantitative estimate of drug-likeness (QED) is 0.639. The number of nitrogens with one attached hydrogen (secondary N) is 1. The molecule has 3 aliphatic rings. The minimum absolute atomic E-state index is 0.146. The van der Waals surface area contributed by atoms with Gasteiger partial charge in [-0.2, -0.15) is 0 Å². The van der Waals surface area contributed by atoms with Crippen LogP contribution in [0.4, 0.5) is 0 Å². The Morgan fingerprint density at radius 1 is 1.23 bits per heavy atom. The average Bonchev–Trinajstić information content (AvgIpc) is 2.60. The number of piperidine rings is 3. The molecule has 1 amide bonds. The molecule has 22 heavy (non-hydrogen) atoms. The van der Waals surface area contributed by atoms with Crippen molar-refractivity contribution >= 4 is 12.4 Å². The average molecular weight is 302 g/mol. The lowest BCUT2D eigenvalue weighted by Gasteiger charge is -2.47. The van der Waals surface area contributed by atoms with E-state index in [0.29, 0.717) is 13.0 Å². The maximum atomic E-state index is 12.4. The SMILES string of the molecule is O=CNC(C(=O)OCC12CCN(CC1)CC2)c1ccccc1. The van der Waals surface area contributed by atoms with E-state index in [1.807, 2.05) is 30.3 Å². The summed E-state index contributed by atoms with van der Waals surface area (Å²) in [6.45, 7) is 3.77. The normalized spacial score (nSPS) is 27.9. The largest absolute Gasteiger partial charge is 0.463 e. The first-order valence-electron chi connectivity index (χ1n) is 7.86. The van der Waals surface area contributed by atoms with Crippen molar-refractivity contribution in [1.82, 2.24) is 10.2 Å². The highest BCUT2D eigenvalue weighted by Crippen LogP contribution is 2.40. The Labute approximate surface area is 130 Å². The highest BCUT2D eigenvalue weighted by Gasteiger charge is 2.40. The zero-order valence-corrected chi connectivity index (χ0v) is 12.7. The third-order valence-electron chi connectivity index (χ3n) is 5.00. The molecule has 5 nitrogen and oxygen atoms in total. The molecule has 118 valence electrons. The maximum Gasteiger partial charge on any atom is 0.333 e. The van der Waals surface area contributed by atoms with E-state index < -0.39 is 6.04 Å². The first-order chi connectivity index (χ1) is 10.7. The molecule has 1 unspecified atom stereocenters. The third-order valence-corrected chi connectivity index (χ3v) is 5.00. The van der Waals surface area contributed by atoms with Crippen LogP contribution in [0.3, 0.4) is 0 Å². The zero-order chi connectivity index (χ0) is 15.4. The van der Waals surface area contributed by atoms with Crippen LogP contribution in [0.25, 0.3) is 0 Å². The first kappa shape index (κ1) is 15.0. The highest BCUT2D eigenvalue weighted by atomic mass is 16.5. The summed E-state index contributed by atoms with van der Waals surface area (Å²) in [7, 11) is 0. The number of benzene rings is 1. The monoisotopic (exact) mass is 302 g/mol. The first-order valence-corrected chi connectivity index (χ1v) is 7.86. The van der Waals surface area contributed by atoms with Gasteiger partial charge in [0.05, 0.1) is 6.61 Å². The Morgan fingerprint density at radius 2 is 1.86 bits per heavy atom. The molecular weight excluding hydrogens is 280 g/mol. The predicted octanol–water partition coefficient (Wildman–Crippen LogP) is 1.50. The molecule has 3 heterocycles. The van der Waals surface area contributed by atoms with Crippen molar-refractivity contribution in [3.63, 3.8) is 0 Å². The van der Waals surface area contributed by atoms with Crippen LogP contribution in [-0.4, -0.2) is 43.5 Å². The summed E-state index contributed by atoms with van der Waals surface area (Å²) in [4.78, 5) is 25.7. The Hall–Kier alpha value is -1.88. The number of hydrogen-bond acceptors (Lipinski definition) is 4. The molecule has 3 aliphatic heterocycles. The summed E-state index contributed by atoms with van der Waals surface area (Å²) in [5.41, 5.74) is 0.892.